The maximum Gasteiger partial charge on any atom is 0.407 e. The van der Waals surface area contributed by atoms with Crippen molar-refractivity contribution in [2.75, 3.05) is 13.2 Å². The van der Waals surface area contributed by atoms with Crippen molar-refractivity contribution in [1.29, 1.82) is 0 Å². The highest BCUT2D eigenvalue weighted by molar-refractivity contribution is 6.31. The van der Waals surface area contributed by atoms with Gasteiger partial charge in [-0.15, -0.1) is 0 Å². The van der Waals surface area contributed by atoms with E-state index in [1.54, 1.807) is 0 Å². The van der Waals surface area contributed by atoms with Crippen LogP contribution in [0.2, 0.25) is 5.02 Å². The standard InChI is InChI=1S/C32H41ClN4O3/c1-23-17-19-25(20-18-23)32(24-12-6-5-7-13-24,26-14-8-9-15-27(26)33)37-22-36-29(38)28(34)16-10-11-21-35-30(39)40-31(2,3)4/h5-9,12-15,17-20,28,37H,10-11,16,21-22,34H2,1-4H3,(H,35,39)(H,36,38)/t28-,32?/m1/s1. The summed E-state index contributed by atoms with van der Waals surface area (Å²) in [7, 11) is 0. The molecule has 7 nitrogen and oxygen atoms in total. The average Bonchev–Trinajstić information content (AvgIpc) is 2.91. The van der Waals surface area contributed by atoms with Gasteiger partial charge in [-0.1, -0.05) is 90.0 Å². The van der Waals surface area contributed by atoms with Crippen molar-refractivity contribution in [3.63, 3.8) is 0 Å². The molecule has 0 saturated carbocycles. The van der Waals surface area contributed by atoms with E-state index < -0.39 is 23.3 Å². The molecule has 5 N–H and O–H groups in total. The molecule has 0 heterocycles. The number of carbonyl (C=O) groups is 2. The Morgan fingerprint density at radius 1 is 0.875 bits per heavy atom. The summed E-state index contributed by atoms with van der Waals surface area (Å²) in [5.74, 6) is -0.252. The van der Waals surface area contributed by atoms with Crippen LogP contribution in [-0.4, -0.2) is 36.9 Å². The highest BCUT2D eigenvalue weighted by Crippen LogP contribution is 2.40. The molecule has 0 fully saturated rings. The van der Waals surface area contributed by atoms with Crippen LogP contribution in [0, 0.1) is 6.92 Å². The van der Waals surface area contributed by atoms with Crippen LogP contribution in [0.4, 0.5) is 4.79 Å². The van der Waals surface area contributed by atoms with E-state index in [4.69, 9.17) is 22.1 Å². The van der Waals surface area contributed by atoms with Crippen LogP contribution in [0.3, 0.4) is 0 Å². The van der Waals surface area contributed by atoms with Gasteiger partial charge in [0.2, 0.25) is 5.91 Å². The highest BCUT2D eigenvalue weighted by Gasteiger charge is 2.37. The lowest BCUT2D eigenvalue weighted by Crippen LogP contribution is -2.52. The van der Waals surface area contributed by atoms with E-state index in [0.717, 1.165) is 22.3 Å². The van der Waals surface area contributed by atoms with E-state index in [1.807, 2.05) is 70.2 Å². The SMILES string of the molecule is Cc1ccc(C(NCNC(=O)[C@H](N)CCCCNC(=O)OC(C)(C)C)(c2ccccc2)c2ccccc2Cl)cc1. The monoisotopic (exact) mass is 564 g/mol. The Labute approximate surface area is 242 Å². The summed E-state index contributed by atoms with van der Waals surface area (Å²) in [4.78, 5) is 24.7. The summed E-state index contributed by atoms with van der Waals surface area (Å²) < 4.78 is 5.23. The maximum atomic E-state index is 12.9. The molecule has 214 valence electrons. The highest BCUT2D eigenvalue weighted by atomic mass is 35.5. The van der Waals surface area contributed by atoms with Gasteiger partial charge in [0.25, 0.3) is 0 Å². The van der Waals surface area contributed by atoms with Gasteiger partial charge in [-0.2, -0.15) is 0 Å². The number of benzene rings is 3. The fraction of sp³-hybridized carbons (Fsp3) is 0.375. The van der Waals surface area contributed by atoms with Crippen molar-refractivity contribution in [3.05, 3.63) is 106 Å². The Kier molecular flexibility index (Phi) is 11.1. The number of hydrogen-bond acceptors (Lipinski definition) is 5. The van der Waals surface area contributed by atoms with Crippen LogP contribution in [0.25, 0.3) is 0 Å². The molecular formula is C32H41ClN4O3. The first-order chi connectivity index (χ1) is 19.0. The second-order valence-electron chi connectivity index (χ2n) is 10.9. The van der Waals surface area contributed by atoms with E-state index in [-0.39, 0.29) is 12.6 Å². The van der Waals surface area contributed by atoms with Crippen LogP contribution in [0.15, 0.2) is 78.9 Å². The molecule has 0 aliphatic carbocycles. The molecule has 0 radical (unpaired) electrons. The van der Waals surface area contributed by atoms with Crippen molar-refractivity contribution in [2.24, 2.45) is 5.73 Å². The van der Waals surface area contributed by atoms with Gasteiger partial charge in [0.1, 0.15) is 5.60 Å². The molecule has 40 heavy (non-hydrogen) atoms. The molecule has 0 aromatic heterocycles. The zero-order chi connectivity index (χ0) is 29.2. The smallest absolute Gasteiger partial charge is 0.407 e. The van der Waals surface area contributed by atoms with E-state index >= 15 is 0 Å². The zero-order valence-electron chi connectivity index (χ0n) is 23.8. The first-order valence-corrected chi connectivity index (χ1v) is 14.0. The molecule has 1 unspecified atom stereocenters. The molecular weight excluding hydrogens is 524 g/mol. The summed E-state index contributed by atoms with van der Waals surface area (Å²) in [6.07, 6.45) is 1.42. The molecule has 0 spiro atoms. The molecule has 2 atom stereocenters. The summed E-state index contributed by atoms with van der Waals surface area (Å²) in [6, 6.07) is 25.4. The third-order valence-corrected chi connectivity index (χ3v) is 6.86. The van der Waals surface area contributed by atoms with Crippen molar-refractivity contribution < 1.29 is 14.3 Å². The number of nitrogens with one attached hydrogen (secondary N) is 3. The van der Waals surface area contributed by atoms with Crippen molar-refractivity contribution >= 4 is 23.6 Å². The lowest BCUT2D eigenvalue weighted by molar-refractivity contribution is -0.122. The first kappa shape index (κ1) is 31.1. The average molecular weight is 565 g/mol. The molecule has 3 aromatic rings. The number of alkyl carbamates (subject to hydrolysis) is 1. The minimum absolute atomic E-state index is 0.167. The predicted molar refractivity (Wildman–Crippen MR) is 161 cm³/mol. The first-order valence-electron chi connectivity index (χ1n) is 13.7. The van der Waals surface area contributed by atoms with Gasteiger partial charge in [0.05, 0.1) is 18.2 Å². The number of amides is 2. The van der Waals surface area contributed by atoms with Gasteiger partial charge in [-0.25, -0.2) is 4.79 Å². The summed E-state index contributed by atoms with van der Waals surface area (Å²) >= 11 is 6.78. The number of ether oxygens (including phenoxy) is 1. The Hall–Kier alpha value is -3.39. The third-order valence-electron chi connectivity index (χ3n) is 6.53. The zero-order valence-corrected chi connectivity index (χ0v) is 24.6. The molecule has 8 heteroatoms. The Morgan fingerprint density at radius 2 is 1.50 bits per heavy atom. The second-order valence-corrected chi connectivity index (χ2v) is 11.3. The number of hydrogen-bond donors (Lipinski definition) is 4. The molecule has 0 saturated heterocycles. The largest absolute Gasteiger partial charge is 0.444 e. The van der Waals surface area contributed by atoms with Crippen molar-refractivity contribution in [2.45, 2.75) is 64.1 Å². The summed E-state index contributed by atoms with van der Waals surface area (Å²) in [5.41, 5.74) is 8.84. The molecule has 3 aromatic carbocycles. The van der Waals surface area contributed by atoms with Crippen LogP contribution >= 0.6 is 11.6 Å². The normalized spacial score (nSPS) is 13.7. The molecule has 3 rings (SSSR count). The summed E-state index contributed by atoms with van der Waals surface area (Å²) in [5, 5.41) is 9.89. The second kappa shape index (κ2) is 14.3. The van der Waals surface area contributed by atoms with Gasteiger partial charge < -0.3 is 21.1 Å². The van der Waals surface area contributed by atoms with E-state index in [1.165, 1.54) is 0 Å². The van der Waals surface area contributed by atoms with Gasteiger partial charge >= 0.3 is 6.09 Å². The van der Waals surface area contributed by atoms with Crippen LogP contribution in [-0.2, 0) is 15.1 Å². The topological polar surface area (TPSA) is 105 Å². The minimum Gasteiger partial charge on any atom is -0.444 e. The minimum atomic E-state index is -0.821. The summed E-state index contributed by atoms with van der Waals surface area (Å²) in [6.45, 7) is 8.13. The molecule has 0 bridgehead atoms. The molecule has 0 aliphatic rings. The number of unbranched alkanes of at least 4 members (excludes halogenated alkanes) is 1. The van der Waals surface area contributed by atoms with Crippen molar-refractivity contribution in [1.82, 2.24) is 16.0 Å². The fourth-order valence-electron chi connectivity index (χ4n) is 4.55. The van der Waals surface area contributed by atoms with Crippen LogP contribution < -0.4 is 21.7 Å². The maximum absolute atomic E-state index is 12.9. The van der Waals surface area contributed by atoms with E-state index in [2.05, 4.69) is 52.3 Å². The predicted octanol–water partition coefficient (Wildman–Crippen LogP) is 5.63. The number of carbonyl (C=O) groups excluding carboxylic acids is 2. The van der Waals surface area contributed by atoms with Gasteiger partial charge in [-0.3, -0.25) is 10.1 Å². The van der Waals surface area contributed by atoms with Crippen LogP contribution in [0.1, 0.15) is 62.3 Å². The lowest BCUT2D eigenvalue weighted by Gasteiger charge is -2.38. The van der Waals surface area contributed by atoms with E-state index in [9.17, 15) is 9.59 Å². The van der Waals surface area contributed by atoms with Gasteiger partial charge in [-0.05, 0) is 69.7 Å². The number of aryl methyl sites for hydroxylation is 1. The lowest BCUT2D eigenvalue weighted by atomic mass is 9.77. The third kappa shape index (κ3) is 8.55. The number of rotatable bonds is 12. The Balaban J connectivity index is 1.68. The molecule has 2 amide bonds. The van der Waals surface area contributed by atoms with Crippen molar-refractivity contribution in [3.8, 4) is 0 Å². The fourth-order valence-corrected chi connectivity index (χ4v) is 4.83. The number of halogens is 1. The van der Waals surface area contributed by atoms with E-state index in [0.29, 0.717) is 30.8 Å². The Bertz CT molecular complexity index is 1250. The molecule has 0 aliphatic heterocycles. The number of nitrogens with two attached hydrogens (primary N) is 1. The Morgan fingerprint density at radius 3 is 2.15 bits per heavy atom. The quantitative estimate of drug-likeness (QED) is 0.130. The van der Waals surface area contributed by atoms with Crippen LogP contribution in [0.5, 0.6) is 0 Å². The van der Waals surface area contributed by atoms with Gasteiger partial charge in [0.15, 0.2) is 0 Å². The van der Waals surface area contributed by atoms with Gasteiger partial charge in [0, 0.05) is 11.6 Å².